The molecule has 0 atom stereocenters. The standard InChI is InChI=1S/C22H34/c1-3-5-7-9-11-13-17-21-19-15-16-20-22(21)18-14-12-10-8-6-4-2/h13-20H,3-12H2,1-2H3. The van der Waals surface area contributed by atoms with Gasteiger partial charge in [0.05, 0.1) is 0 Å². The van der Waals surface area contributed by atoms with Crippen LogP contribution in [-0.4, -0.2) is 0 Å². The minimum atomic E-state index is 1.20. The van der Waals surface area contributed by atoms with Crippen molar-refractivity contribution in [2.45, 2.75) is 78.1 Å². The van der Waals surface area contributed by atoms with Gasteiger partial charge in [-0.05, 0) is 36.8 Å². The summed E-state index contributed by atoms with van der Waals surface area (Å²) in [4.78, 5) is 0. The molecular weight excluding hydrogens is 264 g/mol. The van der Waals surface area contributed by atoms with Crippen LogP contribution in [0.2, 0.25) is 0 Å². The van der Waals surface area contributed by atoms with E-state index >= 15 is 0 Å². The number of hydrogen-bond donors (Lipinski definition) is 0. The van der Waals surface area contributed by atoms with Crippen molar-refractivity contribution in [2.75, 3.05) is 0 Å². The molecule has 1 aromatic rings. The Bertz CT molecular complexity index is 384. The Morgan fingerprint density at radius 3 is 1.50 bits per heavy atom. The normalized spacial score (nSPS) is 11.7. The van der Waals surface area contributed by atoms with E-state index in [2.05, 4.69) is 62.4 Å². The molecular formula is C22H34. The Morgan fingerprint density at radius 1 is 0.636 bits per heavy atom. The molecule has 0 unspecified atom stereocenters. The molecule has 0 aliphatic heterocycles. The van der Waals surface area contributed by atoms with E-state index < -0.39 is 0 Å². The minimum Gasteiger partial charge on any atom is -0.0839 e. The van der Waals surface area contributed by atoms with Gasteiger partial charge in [0.25, 0.3) is 0 Å². The van der Waals surface area contributed by atoms with Crippen LogP contribution in [0.25, 0.3) is 12.2 Å². The summed E-state index contributed by atoms with van der Waals surface area (Å²) in [5.74, 6) is 0. The molecule has 1 rings (SSSR count). The molecule has 0 N–H and O–H groups in total. The Hall–Kier alpha value is -1.30. The van der Waals surface area contributed by atoms with E-state index in [-0.39, 0.29) is 0 Å². The van der Waals surface area contributed by atoms with Crippen LogP contribution in [0.1, 0.15) is 89.2 Å². The monoisotopic (exact) mass is 298 g/mol. The lowest BCUT2D eigenvalue weighted by atomic mass is 10.0. The van der Waals surface area contributed by atoms with Crippen molar-refractivity contribution in [1.29, 1.82) is 0 Å². The second-order valence-corrected chi connectivity index (χ2v) is 6.13. The summed E-state index contributed by atoms with van der Waals surface area (Å²) in [5, 5.41) is 0. The highest BCUT2D eigenvalue weighted by Crippen LogP contribution is 2.15. The maximum absolute atomic E-state index is 2.34. The predicted octanol–water partition coefficient (Wildman–Crippen LogP) is 7.65. The number of unbranched alkanes of at least 4 members (excludes halogenated alkanes) is 8. The molecule has 0 aliphatic carbocycles. The van der Waals surface area contributed by atoms with E-state index in [9.17, 15) is 0 Å². The SMILES string of the molecule is CCCCCCC=Cc1ccccc1C=CCCCCCC. The van der Waals surface area contributed by atoms with E-state index in [0.29, 0.717) is 0 Å². The van der Waals surface area contributed by atoms with Crippen molar-refractivity contribution in [3.63, 3.8) is 0 Å². The van der Waals surface area contributed by atoms with Crippen LogP contribution < -0.4 is 0 Å². The summed E-state index contributed by atoms with van der Waals surface area (Å²) < 4.78 is 0. The summed E-state index contributed by atoms with van der Waals surface area (Å²) in [7, 11) is 0. The number of allylic oxidation sites excluding steroid dienone is 2. The van der Waals surface area contributed by atoms with Gasteiger partial charge in [-0.25, -0.2) is 0 Å². The van der Waals surface area contributed by atoms with E-state index in [1.807, 2.05) is 0 Å². The minimum absolute atomic E-state index is 1.20. The van der Waals surface area contributed by atoms with Gasteiger partial charge in [-0.2, -0.15) is 0 Å². The average molecular weight is 299 g/mol. The molecule has 0 amide bonds. The molecule has 22 heavy (non-hydrogen) atoms. The van der Waals surface area contributed by atoms with Crippen molar-refractivity contribution in [1.82, 2.24) is 0 Å². The van der Waals surface area contributed by atoms with Gasteiger partial charge in [-0.1, -0.05) is 101 Å². The van der Waals surface area contributed by atoms with Crippen LogP contribution in [0.4, 0.5) is 0 Å². The van der Waals surface area contributed by atoms with Crippen molar-refractivity contribution in [3.05, 3.63) is 47.5 Å². The molecule has 0 aliphatic rings. The molecule has 0 bridgehead atoms. The van der Waals surface area contributed by atoms with E-state index in [1.54, 1.807) is 0 Å². The predicted molar refractivity (Wildman–Crippen MR) is 102 cm³/mol. The van der Waals surface area contributed by atoms with Gasteiger partial charge in [0, 0.05) is 0 Å². The lowest BCUT2D eigenvalue weighted by molar-refractivity contribution is 0.675. The Morgan fingerprint density at radius 2 is 1.09 bits per heavy atom. The summed E-state index contributed by atoms with van der Waals surface area (Å²) in [5.41, 5.74) is 2.70. The fourth-order valence-corrected chi connectivity index (χ4v) is 2.61. The van der Waals surface area contributed by atoms with E-state index in [0.717, 1.165) is 0 Å². The maximum Gasteiger partial charge on any atom is -0.0187 e. The summed E-state index contributed by atoms with van der Waals surface area (Å²) >= 11 is 0. The first-order valence-corrected chi connectivity index (χ1v) is 9.30. The van der Waals surface area contributed by atoms with Crippen molar-refractivity contribution in [2.24, 2.45) is 0 Å². The van der Waals surface area contributed by atoms with Gasteiger partial charge >= 0.3 is 0 Å². The molecule has 1 aromatic carbocycles. The van der Waals surface area contributed by atoms with Crippen LogP contribution in [-0.2, 0) is 0 Å². The second-order valence-electron chi connectivity index (χ2n) is 6.13. The molecule has 0 nitrogen and oxygen atoms in total. The largest absolute Gasteiger partial charge is 0.0839 e. The third-order valence-electron chi connectivity index (χ3n) is 4.04. The third kappa shape index (κ3) is 8.87. The number of benzene rings is 1. The first-order valence-electron chi connectivity index (χ1n) is 9.30. The summed E-state index contributed by atoms with van der Waals surface area (Å²) in [6.45, 7) is 4.53. The van der Waals surface area contributed by atoms with Crippen LogP contribution >= 0.6 is 0 Å². The van der Waals surface area contributed by atoms with Crippen LogP contribution in [0.15, 0.2) is 36.4 Å². The molecule has 0 fully saturated rings. The molecule has 0 radical (unpaired) electrons. The quantitative estimate of drug-likeness (QED) is 0.347. The Balaban J connectivity index is 2.40. The number of rotatable bonds is 12. The van der Waals surface area contributed by atoms with Gasteiger partial charge < -0.3 is 0 Å². The molecule has 0 saturated carbocycles. The first kappa shape index (κ1) is 18.7. The highest BCUT2D eigenvalue weighted by Gasteiger charge is 1.94. The second kappa shape index (κ2) is 13.4. The van der Waals surface area contributed by atoms with Gasteiger partial charge in [0.2, 0.25) is 0 Å². The average Bonchev–Trinajstić information content (AvgIpc) is 2.55. The van der Waals surface area contributed by atoms with Crippen LogP contribution in [0.5, 0.6) is 0 Å². The summed E-state index contributed by atoms with van der Waals surface area (Å²) in [6, 6.07) is 8.71. The molecule has 0 heteroatoms. The zero-order valence-corrected chi connectivity index (χ0v) is 14.7. The molecule has 0 aromatic heterocycles. The van der Waals surface area contributed by atoms with Gasteiger partial charge in [-0.15, -0.1) is 0 Å². The van der Waals surface area contributed by atoms with Gasteiger partial charge in [0.15, 0.2) is 0 Å². The van der Waals surface area contributed by atoms with Gasteiger partial charge in [-0.3, -0.25) is 0 Å². The topological polar surface area (TPSA) is 0 Å². The fraction of sp³-hybridized carbons (Fsp3) is 0.545. The van der Waals surface area contributed by atoms with Crippen molar-refractivity contribution in [3.8, 4) is 0 Å². The summed E-state index contributed by atoms with van der Waals surface area (Å²) in [6.07, 6.45) is 22.4. The third-order valence-corrected chi connectivity index (χ3v) is 4.04. The Labute approximate surface area is 138 Å². The van der Waals surface area contributed by atoms with Crippen LogP contribution in [0, 0.1) is 0 Å². The van der Waals surface area contributed by atoms with Crippen LogP contribution in [0.3, 0.4) is 0 Å². The van der Waals surface area contributed by atoms with Gasteiger partial charge in [0.1, 0.15) is 0 Å². The highest BCUT2D eigenvalue weighted by molar-refractivity contribution is 5.65. The zero-order valence-electron chi connectivity index (χ0n) is 14.7. The van der Waals surface area contributed by atoms with Crippen molar-refractivity contribution < 1.29 is 0 Å². The Kier molecular flexibility index (Phi) is 11.4. The fourth-order valence-electron chi connectivity index (χ4n) is 2.61. The highest BCUT2D eigenvalue weighted by atomic mass is 14.0. The first-order chi connectivity index (χ1) is 10.9. The van der Waals surface area contributed by atoms with Crippen molar-refractivity contribution >= 4 is 12.2 Å². The number of hydrogen-bond acceptors (Lipinski definition) is 0. The molecule has 0 saturated heterocycles. The van der Waals surface area contributed by atoms with E-state index in [1.165, 1.54) is 75.3 Å². The molecule has 0 heterocycles. The zero-order chi connectivity index (χ0) is 15.9. The smallest absolute Gasteiger partial charge is 0.0187 e. The molecule has 122 valence electrons. The maximum atomic E-state index is 2.34. The van der Waals surface area contributed by atoms with E-state index in [4.69, 9.17) is 0 Å². The molecule has 0 spiro atoms. The lowest BCUT2D eigenvalue weighted by Crippen LogP contribution is -1.80. The lowest BCUT2D eigenvalue weighted by Gasteiger charge is -2.01.